The van der Waals surface area contributed by atoms with Crippen LogP contribution in [0.5, 0.6) is 5.75 Å². The quantitative estimate of drug-likeness (QED) is 0.933. The number of hydrogen-bond donors (Lipinski definition) is 1. The summed E-state index contributed by atoms with van der Waals surface area (Å²) in [5, 5.41) is 2.68. The minimum atomic E-state index is -0.269. The lowest BCUT2D eigenvalue weighted by Crippen LogP contribution is -2.20. The number of rotatable bonds is 4. The molecule has 0 radical (unpaired) electrons. The number of amides is 1. The van der Waals surface area contributed by atoms with Gasteiger partial charge >= 0.3 is 0 Å². The number of nitrogens with zero attached hydrogens (tertiary/aromatic N) is 1. The molecule has 0 spiro atoms. The number of benzene rings is 1. The van der Waals surface area contributed by atoms with E-state index in [1.807, 2.05) is 6.07 Å². The van der Waals surface area contributed by atoms with E-state index in [4.69, 9.17) is 4.74 Å². The molecule has 2 aromatic rings. The lowest BCUT2D eigenvalue weighted by Gasteiger charge is -2.08. The van der Waals surface area contributed by atoms with Crippen molar-refractivity contribution in [1.29, 1.82) is 0 Å². The van der Waals surface area contributed by atoms with E-state index in [2.05, 4.69) is 10.3 Å². The maximum Gasteiger partial charge on any atom is 0.262 e. The Hall–Kier alpha value is -2.69. The summed E-state index contributed by atoms with van der Waals surface area (Å²) in [5.41, 5.74) is 2.38. The van der Waals surface area contributed by atoms with Gasteiger partial charge in [-0.05, 0) is 36.2 Å². The number of carbonyl (C=O) groups is 2. The molecule has 0 saturated heterocycles. The Kier molecular flexibility index (Phi) is 3.64. The molecule has 1 aromatic carbocycles. The molecule has 0 atom stereocenters. The molecular weight excluding hydrogens is 268 g/mol. The fourth-order valence-corrected chi connectivity index (χ4v) is 2.29. The van der Waals surface area contributed by atoms with Crippen molar-refractivity contribution in [2.24, 2.45) is 0 Å². The smallest absolute Gasteiger partial charge is 0.262 e. The Morgan fingerprint density at radius 2 is 2.19 bits per heavy atom. The summed E-state index contributed by atoms with van der Waals surface area (Å²) in [4.78, 5) is 27.3. The second-order valence-electron chi connectivity index (χ2n) is 4.82. The van der Waals surface area contributed by atoms with Crippen molar-refractivity contribution in [3.63, 3.8) is 0 Å². The molecule has 3 rings (SSSR count). The molecule has 1 aliphatic rings. The van der Waals surface area contributed by atoms with E-state index < -0.39 is 0 Å². The number of ether oxygens (including phenoxy) is 1. The van der Waals surface area contributed by atoms with Gasteiger partial charge < -0.3 is 10.1 Å². The monoisotopic (exact) mass is 282 g/mol. The molecule has 1 heterocycles. The molecule has 5 heteroatoms. The van der Waals surface area contributed by atoms with Gasteiger partial charge in [0.2, 0.25) is 0 Å². The number of nitrogens with one attached hydrogen (secondary N) is 1. The highest BCUT2D eigenvalue weighted by Gasteiger charge is 2.19. The zero-order chi connectivity index (χ0) is 14.7. The normalized spacial score (nSPS) is 12.9. The van der Waals surface area contributed by atoms with Gasteiger partial charge in [0.25, 0.3) is 5.91 Å². The van der Waals surface area contributed by atoms with E-state index in [-0.39, 0.29) is 18.3 Å². The third-order valence-electron chi connectivity index (χ3n) is 3.32. The summed E-state index contributed by atoms with van der Waals surface area (Å²) >= 11 is 0. The van der Waals surface area contributed by atoms with E-state index in [9.17, 15) is 9.59 Å². The Balaban J connectivity index is 1.59. The van der Waals surface area contributed by atoms with Crippen molar-refractivity contribution in [3.05, 3.63) is 53.9 Å². The Morgan fingerprint density at radius 1 is 1.29 bits per heavy atom. The number of Topliss-reactive ketones (excluding diaryl/α,β-unsaturated/α-hetero) is 1. The standard InChI is InChI=1S/C16H14N2O3/c19-15-6-4-11-3-5-13(8-14(11)15)21-10-16(20)18-12-2-1-7-17-9-12/h1-3,5,7-9H,4,6,10H2,(H,18,20). The van der Waals surface area contributed by atoms with Crippen molar-refractivity contribution >= 4 is 17.4 Å². The van der Waals surface area contributed by atoms with Gasteiger partial charge in [0, 0.05) is 18.2 Å². The lowest BCUT2D eigenvalue weighted by atomic mass is 10.1. The molecule has 106 valence electrons. The molecule has 5 nitrogen and oxygen atoms in total. The van der Waals surface area contributed by atoms with Gasteiger partial charge in [0.1, 0.15) is 5.75 Å². The van der Waals surface area contributed by atoms with Crippen molar-refractivity contribution in [2.45, 2.75) is 12.8 Å². The molecular formula is C16H14N2O3. The zero-order valence-corrected chi connectivity index (χ0v) is 11.3. The second-order valence-corrected chi connectivity index (χ2v) is 4.82. The van der Waals surface area contributed by atoms with Gasteiger partial charge in [0.15, 0.2) is 12.4 Å². The minimum absolute atomic E-state index is 0.109. The Labute approximate surface area is 122 Å². The van der Waals surface area contributed by atoms with Crippen LogP contribution in [0.15, 0.2) is 42.7 Å². The highest BCUT2D eigenvalue weighted by Crippen LogP contribution is 2.26. The SMILES string of the molecule is O=C(COc1ccc2c(c1)C(=O)CC2)Nc1cccnc1. The molecule has 0 aliphatic heterocycles. The van der Waals surface area contributed by atoms with Crippen LogP contribution in [-0.4, -0.2) is 23.3 Å². The van der Waals surface area contributed by atoms with Gasteiger partial charge in [0.05, 0.1) is 11.9 Å². The van der Waals surface area contributed by atoms with Crippen LogP contribution in [0.1, 0.15) is 22.3 Å². The molecule has 0 fully saturated rings. The van der Waals surface area contributed by atoms with Gasteiger partial charge in [-0.3, -0.25) is 14.6 Å². The number of carbonyl (C=O) groups excluding carboxylic acids is 2. The maximum atomic E-state index is 11.8. The average molecular weight is 282 g/mol. The van der Waals surface area contributed by atoms with Crippen LogP contribution >= 0.6 is 0 Å². The van der Waals surface area contributed by atoms with Crippen LogP contribution in [0.4, 0.5) is 5.69 Å². The highest BCUT2D eigenvalue weighted by atomic mass is 16.5. The first-order valence-corrected chi connectivity index (χ1v) is 6.71. The number of aromatic nitrogens is 1. The number of ketones is 1. The molecule has 0 saturated carbocycles. The predicted octanol–water partition coefficient (Wildman–Crippen LogP) is 2.23. The molecule has 1 aromatic heterocycles. The van der Waals surface area contributed by atoms with Gasteiger partial charge in [-0.1, -0.05) is 6.07 Å². The van der Waals surface area contributed by atoms with Crippen LogP contribution in [0.25, 0.3) is 0 Å². The zero-order valence-electron chi connectivity index (χ0n) is 11.3. The van der Waals surface area contributed by atoms with Crippen LogP contribution in [0.3, 0.4) is 0 Å². The third kappa shape index (κ3) is 3.08. The van der Waals surface area contributed by atoms with E-state index in [0.717, 1.165) is 12.0 Å². The van der Waals surface area contributed by atoms with E-state index >= 15 is 0 Å². The summed E-state index contributed by atoms with van der Waals surface area (Å²) in [6.45, 7) is -0.109. The molecule has 21 heavy (non-hydrogen) atoms. The Bertz CT molecular complexity index is 683. The van der Waals surface area contributed by atoms with Crippen molar-refractivity contribution in [1.82, 2.24) is 4.98 Å². The summed E-state index contributed by atoms with van der Waals surface area (Å²) in [6.07, 6.45) is 4.54. The first kappa shape index (κ1) is 13.3. The predicted molar refractivity (Wildman–Crippen MR) is 77.5 cm³/mol. The molecule has 1 amide bonds. The topological polar surface area (TPSA) is 68.3 Å². The average Bonchev–Trinajstić information content (AvgIpc) is 2.87. The van der Waals surface area contributed by atoms with E-state index in [1.54, 1.807) is 36.7 Å². The molecule has 0 unspecified atom stereocenters. The fraction of sp³-hybridized carbons (Fsp3) is 0.188. The lowest BCUT2D eigenvalue weighted by molar-refractivity contribution is -0.118. The van der Waals surface area contributed by atoms with E-state index in [0.29, 0.717) is 23.4 Å². The Morgan fingerprint density at radius 3 is 3.00 bits per heavy atom. The third-order valence-corrected chi connectivity index (χ3v) is 3.32. The largest absolute Gasteiger partial charge is 0.484 e. The number of aryl methyl sites for hydroxylation is 1. The first-order valence-electron chi connectivity index (χ1n) is 6.71. The fourth-order valence-electron chi connectivity index (χ4n) is 2.29. The van der Waals surface area contributed by atoms with E-state index in [1.165, 1.54) is 0 Å². The number of pyridine rings is 1. The summed E-state index contributed by atoms with van der Waals surface area (Å²) in [6, 6.07) is 8.87. The highest BCUT2D eigenvalue weighted by molar-refractivity contribution is 6.00. The van der Waals surface area contributed by atoms with Crippen molar-refractivity contribution in [2.75, 3.05) is 11.9 Å². The van der Waals surface area contributed by atoms with Crippen LogP contribution < -0.4 is 10.1 Å². The molecule has 1 aliphatic carbocycles. The maximum absolute atomic E-state index is 11.8. The number of anilines is 1. The van der Waals surface area contributed by atoms with Crippen molar-refractivity contribution < 1.29 is 14.3 Å². The summed E-state index contributed by atoms with van der Waals surface area (Å²) in [7, 11) is 0. The van der Waals surface area contributed by atoms with Gasteiger partial charge in [-0.15, -0.1) is 0 Å². The summed E-state index contributed by atoms with van der Waals surface area (Å²) < 4.78 is 5.43. The molecule has 1 N–H and O–H groups in total. The van der Waals surface area contributed by atoms with Crippen LogP contribution in [0, 0.1) is 0 Å². The molecule has 0 bridgehead atoms. The van der Waals surface area contributed by atoms with Gasteiger partial charge in [-0.25, -0.2) is 0 Å². The van der Waals surface area contributed by atoms with Crippen LogP contribution in [0.2, 0.25) is 0 Å². The number of fused-ring (bicyclic) bond motifs is 1. The van der Waals surface area contributed by atoms with Crippen molar-refractivity contribution in [3.8, 4) is 5.75 Å². The first-order chi connectivity index (χ1) is 10.2. The summed E-state index contributed by atoms with van der Waals surface area (Å²) in [5.74, 6) is 0.399. The van der Waals surface area contributed by atoms with Crippen LogP contribution in [-0.2, 0) is 11.2 Å². The minimum Gasteiger partial charge on any atom is -0.484 e. The second kappa shape index (κ2) is 5.75. The number of hydrogen-bond acceptors (Lipinski definition) is 4. The van der Waals surface area contributed by atoms with Gasteiger partial charge in [-0.2, -0.15) is 0 Å².